The molecule has 100 valence electrons. The van der Waals surface area contributed by atoms with Gasteiger partial charge in [-0.2, -0.15) is 0 Å². The summed E-state index contributed by atoms with van der Waals surface area (Å²) in [6.07, 6.45) is 0.0653. The second kappa shape index (κ2) is 8.06. The fraction of sp³-hybridized carbons (Fsp3) is 0.833. The molecule has 0 aromatic rings. The highest BCUT2D eigenvalue weighted by molar-refractivity contribution is 5.95. The van der Waals surface area contributed by atoms with Gasteiger partial charge in [0.15, 0.2) is 5.92 Å². The van der Waals surface area contributed by atoms with E-state index in [-0.39, 0.29) is 25.2 Å². The van der Waals surface area contributed by atoms with E-state index in [1.54, 1.807) is 27.7 Å². The maximum atomic E-state index is 11.7. The van der Waals surface area contributed by atoms with Crippen molar-refractivity contribution in [3.05, 3.63) is 0 Å². The van der Waals surface area contributed by atoms with Crippen molar-refractivity contribution < 1.29 is 24.2 Å². The SMILES string of the molecule is CC(C)OC(=O)C(CCCO)C(=O)OC(C)C. The Labute approximate surface area is 102 Å². The molecule has 0 aromatic carbocycles. The summed E-state index contributed by atoms with van der Waals surface area (Å²) < 4.78 is 9.98. The fourth-order valence-electron chi connectivity index (χ4n) is 1.26. The van der Waals surface area contributed by atoms with Crippen LogP contribution in [0, 0.1) is 5.92 Å². The lowest BCUT2D eigenvalue weighted by molar-refractivity contribution is -0.166. The predicted octanol–water partition coefficient (Wildman–Crippen LogP) is 1.28. The minimum absolute atomic E-state index is 0.0690. The molecule has 0 saturated heterocycles. The lowest BCUT2D eigenvalue weighted by atomic mass is 10.0. The molecule has 0 fully saturated rings. The number of aliphatic hydroxyl groups is 1. The smallest absolute Gasteiger partial charge is 0.320 e. The molecule has 0 aliphatic carbocycles. The maximum absolute atomic E-state index is 11.7. The maximum Gasteiger partial charge on any atom is 0.320 e. The van der Waals surface area contributed by atoms with Gasteiger partial charge < -0.3 is 14.6 Å². The molecule has 0 aliphatic heterocycles. The molecule has 5 heteroatoms. The summed E-state index contributed by atoms with van der Waals surface area (Å²) >= 11 is 0. The summed E-state index contributed by atoms with van der Waals surface area (Å²) in [5.74, 6) is -2.11. The van der Waals surface area contributed by atoms with Crippen LogP contribution in [0.1, 0.15) is 40.5 Å². The van der Waals surface area contributed by atoms with Crippen molar-refractivity contribution in [1.82, 2.24) is 0 Å². The summed E-state index contributed by atoms with van der Waals surface area (Å²) in [4.78, 5) is 23.4. The Morgan fingerprint density at radius 1 is 1.00 bits per heavy atom. The summed E-state index contributed by atoms with van der Waals surface area (Å²) in [7, 11) is 0. The van der Waals surface area contributed by atoms with E-state index in [4.69, 9.17) is 14.6 Å². The van der Waals surface area contributed by atoms with Gasteiger partial charge in [0.1, 0.15) is 0 Å². The minimum atomic E-state index is -0.938. The Morgan fingerprint density at radius 3 is 1.71 bits per heavy atom. The number of esters is 2. The molecule has 0 rings (SSSR count). The number of carbonyl (C=O) groups is 2. The van der Waals surface area contributed by atoms with Gasteiger partial charge in [-0.1, -0.05) is 0 Å². The van der Waals surface area contributed by atoms with Gasteiger partial charge in [-0.25, -0.2) is 0 Å². The Balaban J connectivity index is 4.50. The Bertz CT molecular complexity index is 225. The first kappa shape index (κ1) is 15.9. The molecule has 0 atom stereocenters. The van der Waals surface area contributed by atoms with Gasteiger partial charge in [-0.15, -0.1) is 0 Å². The average Bonchev–Trinajstić information content (AvgIpc) is 2.15. The third kappa shape index (κ3) is 6.94. The molecule has 1 N–H and O–H groups in total. The molecule has 0 saturated carbocycles. The normalized spacial score (nSPS) is 11.1. The molecule has 5 nitrogen and oxygen atoms in total. The fourth-order valence-corrected chi connectivity index (χ4v) is 1.26. The highest BCUT2D eigenvalue weighted by Crippen LogP contribution is 2.13. The lowest BCUT2D eigenvalue weighted by Gasteiger charge is -2.17. The Hall–Kier alpha value is -1.10. The van der Waals surface area contributed by atoms with E-state index < -0.39 is 17.9 Å². The number of ether oxygens (including phenoxy) is 2. The van der Waals surface area contributed by atoms with Crippen molar-refractivity contribution in [2.24, 2.45) is 5.92 Å². The molecule has 0 bridgehead atoms. The highest BCUT2D eigenvalue weighted by atomic mass is 16.6. The first-order valence-electron chi connectivity index (χ1n) is 5.90. The zero-order valence-electron chi connectivity index (χ0n) is 10.9. The van der Waals surface area contributed by atoms with Crippen molar-refractivity contribution in [1.29, 1.82) is 0 Å². The second-order valence-electron chi connectivity index (χ2n) is 4.39. The van der Waals surface area contributed by atoms with Gasteiger partial charge in [-0.3, -0.25) is 9.59 Å². The monoisotopic (exact) mass is 246 g/mol. The van der Waals surface area contributed by atoms with Crippen molar-refractivity contribution in [3.8, 4) is 0 Å². The average molecular weight is 246 g/mol. The van der Waals surface area contributed by atoms with Crippen LogP contribution in [0.3, 0.4) is 0 Å². The second-order valence-corrected chi connectivity index (χ2v) is 4.39. The molecular weight excluding hydrogens is 224 g/mol. The summed E-state index contributed by atoms with van der Waals surface area (Å²) in [5, 5.41) is 8.74. The van der Waals surface area contributed by atoms with E-state index in [1.165, 1.54) is 0 Å². The molecule has 0 amide bonds. The van der Waals surface area contributed by atoms with E-state index in [9.17, 15) is 9.59 Å². The van der Waals surface area contributed by atoms with Crippen LogP contribution in [0.15, 0.2) is 0 Å². The van der Waals surface area contributed by atoms with E-state index in [0.29, 0.717) is 6.42 Å². The zero-order chi connectivity index (χ0) is 13.4. The third-order valence-corrected chi connectivity index (χ3v) is 1.92. The summed E-state index contributed by atoms with van der Waals surface area (Å²) in [6.45, 7) is 6.80. The Morgan fingerprint density at radius 2 is 1.41 bits per heavy atom. The largest absolute Gasteiger partial charge is 0.462 e. The number of hydrogen-bond donors (Lipinski definition) is 1. The molecule has 0 aromatic heterocycles. The van der Waals surface area contributed by atoms with E-state index in [0.717, 1.165) is 0 Å². The van der Waals surface area contributed by atoms with Crippen molar-refractivity contribution in [3.63, 3.8) is 0 Å². The lowest BCUT2D eigenvalue weighted by Crippen LogP contribution is -2.31. The van der Waals surface area contributed by atoms with Crippen LogP contribution in [0.4, 0.5) is 0 Å². The third-order valence-electron chi connectivity index (χ3n) is 1.92. The topological polar surface area (TPSA) is 72.8 Å². The number of carbonyl (C=O) groups excluding carboxylic acids is 2. The quantitative estimate of drug-likeness (QED) is 0.541. The molecule has 0 unspecified atom stereocenters. The molecule has 17 heavy (non-hydrogen) atoms. The zero-order valence-corrected chi connectivity index (χ0v) is 10.9. The molecule has 0 radical (unpaired) electrons. The highest BCUT2D eigenvalue weighted by Gasteiger charge is 2.30. The summed E-state index contributed by atoms with van der Waals surface area (Å²) in [6, 6.07) is 0. The van der Waals surface area contributed by atoms with Crippen LogP contribution < -0.4 is 0 Å². The standard InChI is InChI=1S/C12H22O5/c1-8(2)16-11(14)10(6-5-7-13)12(15)17-9(3)4/h8-10,13H,5-7H2,1-4H3. The number of hydrogen-bond acceptors (Lipinski definition) is 5. The van der Waals surface area contributed by atoms with Crippen molar-refractivity contribution in [2.45, 2.75) is 52.7 Å². The molecule has 0 heterocycles. The van der Waals surface area contributed by atoms with Crippen LogP contribution in [-0.2, 0) is 19.1 Å². The van der Waals surface area contributed by atoms with Crippen LogP contribution in [0.5, 0.6) is 0 Å². The first-order chi connectivity index (χ1) is 7.88. The van der Waals surface area contributed by atoms with E-state index >= 15 is 0 Å². The van der Waals surface area contributed by atoms with Gasteiger partial charge in [0.25, 0.3) is 0 Å². The van der Waals surface area contributed by atoms with Gasteiger partial charge in [0.05, 0.1) is 12.2 Å². The van der Waals surface area contributed by atoms with Crippen LogP contribution in [0.2, 0.25) is 0 Å². The predicted molar refractivity (Wildman–Crippen MR) is 62.3 cm³/mol. The van der Waals surface area contributed by atoms with E-state index in [2.05, 4.69) is 0 Å². The van der Waals surface area contributed by atoms with Crippen molar-refractivity contribution >= 4 is 11.9 Å². The molecule has 0 spiro atoms. The molecule has 0 aliphatic rings. The van der Waals surface area contributed by atoms with Gasteiger partial charge in [0, 0.05) is 6.61 Å². The number of aliphatic hydroxyl groups excluding tert-OH is 1. The Kier molecular flexibility index (Phi) is 7.54. The van der Waals surface area contributed by atoms with Gasteiger partial charge >= 0.3 is 11.9 Å². The van der Waals surface area contributed by atoms with Crippen LogP contribution in [0.25, 0.3) is 0 Å². The van der Waals surface area contributed by atoms with Gasteiger partial charge in [0.2, 0.25) is 0 Å². The first-order valence-corrected chi connectivity index (χ1v) is 5.90. The minimum Gasteiger partial charge on any atom is -0.462 e. The van der Waals surface area contributed by atoms with Crippen molar-refractivity contribution in [2.75, 3.05) is 6.61 Å². The van der Waals surface area contributed by atoms with Gasteiger partial charge in [-0.05, 0) is 40.5 Å². The van der Waals surface area contributed by atoms with Crippen LogP contribution in [-0.4, -0.2) is 35.9 Å². The number of rotatable bonds is 7. The van der Waals surface area contributed by atoms with E-state index in [1.807, 2.05) is 0 Å². The van der Waals surface area contributed by atoms with Crippen LogP contribution >= 0.6 is 0 Å². The summed E-state index contributed by atoms with van der Waals surface area (Å²) in [5.41, 5.74) is 0. The molecular formula is C12H22O5.